The number of hydrogen-bond donors (Lipinski definition) is 1. The Labute approximate surface area is 179 Å². The van der Waals surface area contributed by atoms with Gasteiger partial charge in [0, 0.05) is 47.8 Å². The van der Waals surface area contributed by atoms with Gasteiger partial charge in [-0.25, -0.2) is 0 Å². The summed E-state index contributed by atoms with van der Waals surface area (Å²) in [5.74, 6) is 1.17. The van der Waals surface area contributed by atoms with E-state index in [1.165, 1.54) is 4.88 Å². The zero-order valence-electron chi connectivity index (χ0n) is 17.2. The minimum absolute atomic E-state index is 0.0248. The quantitative estimate of drug-likeness (QED) is 0.789. The van der Waals surface area contributed by atoms with Crippen LogP contribution >= 0.6 is 11.3 Å². The molecule has 0 bridgehead atoms. The van der Waals surface area contributed by atoms with Crippen molar-refractivity contribution in [3.05, 3.63) is 39.6 Å². The first-order chi connectivity index (χ1) is 14.6. The lowest BCUT2D eigenvalue weighted by molar-refractivity contribution is -0.120. The van der Waals surface area contributed by atoms with Gasteiger partial charge in [-0.05, 0) is 30.9 Å². The number of aryl methyl sites for hydroxylation is 1. The van der Waals surface area contributed by atoms with Gasteiger partial charge in [-0.3, -0.25) is 9.59 Å². The summed E-state index contributed by atoms with van der Waals surface area (Å²) in [4.78, 5) is 29.5. The molecule has 160 valence electrons. The van der Waals surface area contributed by atoms with Gasteiger partial charge < -0.3 is 24.4 Å². The first-order valence-corrected chi connectivity index (χ1v) is 10.9. The number of amides is 2. The van der Waals surface area contributed by atoms with Crippen molar-refractivity contribution >= 4 is 28.8 Å². The third-order valence-electron chi connectivity index (χ3n) is 5.58. The molecule has 0 unspecified atom stereocenters. The van der Waals surface area contributed by atoms with Gasteiger partial charge in [0.15, 0.2) is 0 Å². The minimum Gasteiger partial charge on any atom is -0.497 e. The first kappa shape index (κ1) is 20.7. The lowest BCUT2D eigenvalue weighted by Gasteiger charge is -2.26. The Bertz CT molecular complexity index is 913. The second-order valence-electron chi connectivity index (χ2n) is 7.49. The van der Waals surface area contributed by atoms with Gasteiger partial charge in [0.2, 0.25) is 5.91 Å². The molecule has 0 saturated carbocycles. The summed E-state index contributed by atoms with van der Waals surface area (Å²) >= 11 is 1.57. The van der Waals surface area contributed by atoms with Gasteiger partial charge >= 0.3 is 0 Å². The zero-order chi connectivity index (χ0) is 21.1. The van der Waals surface area contributed by atoms with E-state index in [1.807, 2.05) is 11.0 Å². The third kappa shape index (κ3) is 4.44. The van der Waals surface area contributed by atoms with Crippen molar-refractivity contribution in [3.63, 3.8) is 0 Å². The number of hydrogen-bond acceptors (Lipinski definition) is 6. The van der Waals surface area contributed by atoms with Gasteiger partial charge in [0.25, 0.3) is 5.91 Å². The molecule has 1 fully saturated rings. The molecule has 30 heavy (non-hydrogen) atoms. The maximum absolute atomic E-state index is 12.9. The maximum Gasteiger partial charge on any atom is 0.264 e. The number of thiophene rings is 1. The van der Waals surface area contributed by atoms with Crippen molar-refractivity contribution in [1.29, 1.82) is 0 Å². The van der Waals surface area contributed by atoms with Gasteiger partial charge in [0.1, 0.15) is 11.5 Å². The molecule has 8 heteroatoms. The van der Waals surface area contributed by atoms with Crippen LogP contribution in [0.4, 0.5) is 5.69 Å². The minimum atomic E-state index is -0.129. The molecular formula is C22H26N2O5S. The highest BCUT2D eigenvalue weighted by molar-refractivity contribution is 7.14. The predicted molar refractivity (Wildman–Crippen MR) is 115 cm³/mol. The van der Waals surface area contributed by atoms with Gasteiger partial charge in [-0.2, -0.15) is 0 Å². The SMILES string of the molecule is COc1cc(NC(=O)[C@H]2CCc3sc(C(=O)N4CCOCC4)cc3C2)cc(OC)c1. The van der Waals surface area contributed by atoms with Crippen LogP contribution in [-0.2, 0) is 22.4 Å². The Morgan fingerprint density at radius 1 is 1.10 bits per heavy atom. The average molecular weight is 431 g/mol. The highest BCUT2D eigenvalue weighted by Gasteiger charge is 2.29. The Hall–Kier alpha value is -2.58. The molecule has 2 aliphatic rings. The molecule has 1 aliphatic heterocycles. The van der Waals surface area contributed by atoms with E-state index in [0.717, 1.165) is 23.3 Å². The summed E-state index contributed by atoms with van der Waals surface area (Å²) in [6.45, 7) is 2.45. The lowest BCUT2D eigenvalue weighted by Crippen LogP contribution is -2.40. The van der Waals surface area contributed by atoms with Crippen molar-refractivity contribution in [3.8, 4) is 11.5 Å². The number of fused-ring (bicyclic) bond motifs is 1. The molecule has 2 amide bonds. The molecule has 4 rings (SSSR count). The monoisotopic (exact) mass is 430 g/mol. The number of carbonyl (C=O) groups is 2. The Balaban J connectivity index is 1.43. The molecular weight excluding hydrogens is 404 g/mol. The van der Waals surface area contributed by atoms with E-state index in [-0.39, 0.29) is 17.7 Å². The van der Waals surface area contributed by atoms with E-state index in [4.69, 9.17) is 14.2 Å². The molecule has 2 heterocycles. The fourth-order valence-corrected chi connectivity index (χ4v) is 5.08. The standard InChI is InChI=1S/C22H26N2O5S/c1-27-17-11-16(12-18(13-17)28-2)23-21(25)14-3-4-19-15(9-14)10-20(30-19)22(26)24-5-7-29-8-6-24/h10-14H,3-9H2,1-2H3,(H,23,25)/t14-/m0/s1. The van der Waals surface area contributed by atoms with E-state index in [1.54, 1.807) is 43.8 Å². The van der Waals surface area contributed by atoms with Crippen LogP contribution in [0.2, 0.25) is 0 Å². The van der Waals surface area contributed by atoms with E-state index >= 15 is 0 Å². The fourth-order valence-electron chi connectivity index (χ4n) is 3.90. The molecule has 1 atom stereocenters. The molecule has 1 aliphatic carbocycles. The van der Waals surface area contributed by atoms with Crippen LogP contribution in [0, 0.1) is 5.92 Å². The number of benzene rings is 1. The number of morpholine rings is 1. The fraction of sp³-hybridized carbons (Fsp3) is 0.455. The molecule has 7 nitrogen and oxygen atoms in total. The summed E-state index contributed by atoms with van der Waals surface area (Å²) in [5.41, 5.74) is 1.77. The highest BCUT2D eigenvalue weighted by Crippen LogP contribution is 2.34. The number of rotatable bonds is 5. The van der Waals surface area contributed by atoms with Gasteiger partial charge in [-0.1, -0.05) is 0 Å². The lowest BCUT2D eigenvalue weighted by atomic mass is 9.87. The predicted octanol–water partition coefficient (Wildman–Crippen LogP) is 2.98. The Morgan fingerprint density at radius 3 is 2.47 bits per heavy atom. The van der Waals surface area contributed by atoms with Crippen LogP contribution in [0.5, 0.6) is 11.5 Å². The summed E-state index contributed by atoms with van der Waals surface area (Å²) in [7, 11) is 3.16. The van der Waals surface area contributed by atoms with Crippen molar-refractivity contribution < 1.29 is 23.8 Å². The van der Waals surface area contributed by atoms with Gasteiger partial charge in [-0.15, -0.1) is 11.3 Å². The summed E-state index contributed by atoms with van der Waals surface area (Å²) in [5, 5.41) is 2.99. The smallest absolute Gasteiger partial charge is 0.264 e. The summed E-state index contributed by atoms with van der Waals surface area (Å²) in [6, 6.07) is 7.30. The zero-order valence-corrected chi connectivity index (χ0v) is 18.0. The molecule has 2 aromatic rings. The van der Waals surface area contributed by atoms with Crippen LogP contribution in [0.15, 0.2) is 24.3 Å². The van der Waals surface area contributed by atoms with Crippen LogP contribution in [-0.4, -0.2) is 57.2 Å². The summed E-state index contributed by atoms with van der Waals surface area (Å²) in [6.07, 6.45) is 2.23. The largest absolute Gasteiger partial charge is 0.497 e. The molecule has 0 spiro atoms. The number of nitrogens with zero attached hydrogens (tertiary/aromatic N) is 1. The number of methoxy groups -OCH3 is 2. The molecule has 1 aromatic carbocycles. The van der Waals surface area contributed by atoms with Crippen LogP contribution < -0.4 is 14.8 Å². The van der Waals surface area contributed by atoms with E-state index < -0.39 is 0 Å². The van der Waals surface area contributed by atoms with Crippen LogP contribution in [0.3, 0.4) is 0 Å². The molecule has 1 saturated heterocycles. The van der Waals surface area contributed by atoms with Crippen molar-refractivity contribution in [2.24, 2.45) is 5.92 Å². The third-order valence-corrected chi connectivity index (χ3v) is 6.81. The van der Waals surface area contributed by atoms with E-state index in [2.05, 4.69) is 5.32 Å². The van der Waals surface area contributed by atoms with Crippen LogP contribution in [0.1, 0.15) is 26.5 Å². The van der Waals surface area contributed by atoms with E-state index in [9.17, 15) is 9.59 Å². The van der Waals surface area contributed by atoms with Crippen molar-refractivity contribution in [2.45, 2.75) is 19.3 Å². The van der Waals surface area contributed by atoms with Crippen LogP contribution in [0.25, 0.3) is 0 Å². The number of carbonyl (C=O) groups excluding carboxylic acids is 2. The van der Waals surface area contributed by atoms with Crippen molar-refractivity contribution in [1.82, 2.24) is 4.90 Å². The maximum atomic E-state index is 12.9. The normalized spacial score (nSPS) is 18.5. The van der Waals surface area contributed by atoms with E-state index in [0.29, 0.717) is 49.9 Å². The summed E-state index contributed by atoms with van der Waals surface area (Å²) < 4.78 is 15.9. The topological polar surface area (TPSA) is 77.1 Å². The Kier molecular flexibility index (Phi) is 6.24. The van der Waals surface area contributed by atoms with Crippen molar-refractivity contribution in [2.75, 3.05) is 45.8 Å². The molecule has 0 radical (unpaired) electrons. The number of anilines is 1. The number of ether oxygens (including phenoxy) is 3. The van der Waals surface area contributed by atoms with Gasteiger partial charge in [0.05, 0.1) is 32.3 Å². The molecule has 1 N–H and O–H groups in total. The second-order valence-corrected chi connectivity index (χ2v) is 8.63. The Morgan fingerprint density at radius 2 is 1.80 bits per heavy atom. The molecule has 1 aromatic heterocycles. The second kappa shape index (κ2) is 9.06. The average Bonchev–Trinajstić information content (AvgIpc) is 3.22. The number of nitrogens with one attached hydrogen (secondary N) is 1. The highest BCUT2D eigenvalue weighted by atomic mass is 32.1. The first-order valence-electron chi connectivity index (χ1n) is 10.1.